The molecule has 1 atom stereocenters. The summed E-state index contributed by atoms with van der Waals surface area (Å²) in [5, 5.41) is 4.64. The maximum Gasteiger partial charge on any atom is 0.410 e. The SMILES string of the molecule is Cc1c(I)c(-c2ncc(F)cc2F)nn1C1CCN(C(=O)OC(C)(C)C)C(C)(C)C1. The Hall–Kier alpha value is -1.78. The van der Waals surface area contributed by atoms with Crippen LogP contribution in [0.2, 0.25) is 0 Å². The molecule has 2 aromatic rings. The number of halogens is 3. The highest BCUT2D eigenvalue weighted by atomic mass is 127. The normalized spacial score (nSPS) is 19.1. The number of carbonyl (C=O) groups excluding carboxylic acids is 1. The Kier molecular flexibility index (Phi) is 6.14. The summed E-state index contributed by atoms with van der Waals surface area (Å²) in [6.07, 6.45) is 2.03. The van der Waals surface area contributed by atoms with Crippen LogP contribution in [0.1, 0.15) is 59.2 Å². The third-order valence-corrected chi connectivity index (χ3v) is 6.51. The quantitative estimate of drug-likeness (QED) is 0.481. The average molecular weight is 532 g/mol. The number of rotatable bonds is 2. The lowest BCUT2D eigenvalue weighted by molar-refractivity contribution is -0.0144. The Bertz CT molecular complexity index is 969. The molecular weight excluding hydrogens is 505 g/mol. The minimum Gasteiger partial charge on any atom is -0.444 e. The minimum atomic E-state index is -0.738. The third kappa shape index (κ3) is 4.60. The number of hydrogen-bond donors (Lipinski definition) is 0. The largest absolute Gasteiger partial charge is 0.444 e. The molecule has 1 unspecified atom stereocenters. The molecule has 0 saturated carbocycles. The van der Waals surface area contributed by atoms with E-state index in [1.165, 1.54) is 0 Å². The van der Waals surface area contributed by atoms with E-state index < -0.39 is 22.8 Å². The van der Waals surface area contributed by atoms with Gasteiger partial charge in [-0.1, -0.05) is 0 Å². The maximum atomic E-state index is 14.3. The lowest BCUT2D eigenvalue weighted by atomic mass is 9.87. The zero-order valence-corrected chi connectivity index (χ0v) is 20.3. The second-order valence-electron chi connectivity index (χ2n) is 9.27. The van der Waals surface area contributed by atoms with Crippen molar-refractivity contribution in [1.29, 1.82) is 0 Å². The van der Waals surface area contributed by atoms with E-state index in [4.69, 9.17) is 4.74 Å². The van der Waals surface area contributed by atoms with Gasteiger partial charge in [0.05, 0.1) is 15.8 Å². The summed E-state index contributed by atoms with van der Waals surface area (Å²) in [7, 11) is 0. The first-order valence-corrected chi connectivity index (χ1v) is 10.9. The molecule has 0 aromatic carbocycles. The fraction of sp³-hybridized carbons (Fsp3) is 0.571. The van der Waals surface area contributed by atoms with Gasteiger partial charge < -0.3 is 9.64 Å². The fourth-order valence-electron chi connectivity index (χ4n) is 3.83. The molecule has 0 aliphatic carbocycles. The predicted octanol–water partition coefficient (Wildman–Crippen LogP) is 5.49. The summed E-state index contributed by atoms with van der Waals surface area (Å²) in [6, 6.07) is 0.847. The summed E-state index contributed by atoms with van der Waals surface area (Å²) >= 11 is 2.12. The highest BCUT2D eigenvalue weighted by Crippen LogP contribution is 2.38. The summed E-state index contributed by atoms with van der Waals surface area (Å²) in [5.41, 5.74) is 0.336. The standard InChI is InChI=1S/C21H27F2IN4O2/c1-12-16(24)18(17-15(23)9-13(22)11-25-17)26-28(12)14-7-8-27(21(5,6)10-14)19(29)30-20(2,3)4/h9,11,14H,7-8,10H2,1-6H3. The fourth-order valence-corrected chi connectivity index (χ4v) is 4.44. The molecular formula is C21H27F2IN4O2. The Morgan fingerprint density at radius 3 is 2.53 bits per heavy atom. The smallest absolute Gasteiger partial charge is 0.410 e. The second-order valence-corrected chi connectivity index (χ2v) is 10.3. The zero-order valence-electron chi connectivity index (χ0n) is 18.1. The number of hydrogen-bond acceptors (Lipinski definition) is 4. The van der Waals surface area contributed by atoms with Crippen molar-refractivity contribution in [3.63, 3.8) is 0 Å². The lowest BCUT2D eigenvalue weighted by Crippen LogP contribution is -2.54. The molecule has 3 rings (SSSR count). The van der Waals surface area contributed by atoms with Gasteiger partial charge in [0.1, 0.15) is 22.8 Å². The molecule has 1 saturated heterocycles. The van der Waals surface area contributed by atoms with Gasteiger partial charge >= 0.3 is 6.09 Å². The first kappa shape index (κ1) is 22.9. The van der Waals surface area contributed by atoms with Gasteiger partial charge in [-0.2, -0.15) is 5.10 Å². The first-order chi connectivity index (χ1) is 13.8. The molecule has 0 bridgehead atoms. The van der Waals surface area contributed by atoms with Gasteiger partial charge in [-0.15, -0.1) is 0 Å². The van der Waals surface area contributed by atoms with Crippen LogP contribution < -0.4 is 0 Å². The Morgan fingerprint density at radius 1 is 1.30 bits per heavy atom. The van der Waals surface area contributed by atoms with Gasteiger partial charge in [-0.25, -0.2) is 18.6 Å². The number of carbonyl (C=O) groups is 1. The van der Waals surface area contributed by atoms with E-state index in [1.807, 2.05) is 46.2 Å². The van der Waals surface area contributed by atoms with Crippen molar-refractivity contribution < 1.29 is 18.3 Å². The highest BCUT2D eigenvalue weighted by Gasteiger charge is 2.41. The minimum absolute atomic E-state index is 0.0319. The molecule has 1 fully saturated rings. The summed E-state index contributed by atoms with van der Waals surface area (Å²) in [6.45, 7) is 12.0. The number of piperidine rings is 1. The van der Waals surface area contributed by atoms with Crippen LogP contribution in [0.3, 0.4) is 0 Å². The van der Waals surface area contributed by atoms with Crippen LogP contribution in [-0.4, -0.2) is 43.4 Å². The van der Waals surface area contributed by atoms with Crippen molar-refractivity contribution in [2.24, 2.45) is 0 Å². The van der Waals surface area contributed by atoms with Gasteiger partial charge in [-0.3, -0.25) is 4.68 Å². The maximum absolute atomic E-state index is 14.3. The van der Waals surface area contributed by atoms with Crippen LogP contribution in [0.5, 0.6) is 0 Å². The Labute approximate surface area is 189 Å². The monoisotopic (exact) mass is 532 g/mol. The molecule has 9 heteroatoms. The van der Waals surface area contributed by atoms with Crippen molar-refractivity contribution in [1.82, 2.24) is 19.7 Å². The lowest BCUT2D eigenvalue weighted by Gasteiger charge is -2.45. The predicted molar refractivity (Wildman–Crippen MR) is 118 cm³/mol. The van der Waals surface area contributed by atoms with Gasteiger partial charge in [-0.05, 0) is 77.0 Å². The van der Waals surface area contributed by atoms with Crippen LogP contribution >= 0.6 is 22.6 Å². The van der Waals surface area contributed by atoms with Gasteiger partial charge in [0.15, 0.2) is 5.82 Å². The van der Waals surface area contributed by atoms with Crippen molar-refractivity contribution in [3.8, 4) is 11.4 Å². The molecule has 1 aliphatic rings. The van der Waals surface area contributed by atoms with Crippen LogP contribution in [-0.2, 0) is 4.74 Å². The Morgan fingerprint density at radius 2 is 1.97 bits per heavy atom. The van der Waals surface area contributed by atoms with Gasteiger partial charge in [0, 0.05) is 23.8 Å². The second kappa shape index (κ2) is 8.05. The highest BCUT2D eigenvalue weighted by molar-refractivity contribution is 14.1. The summed E-state index contributed by atoms with van der Waals surface area (Å²) in [5.74, 6) is -1.46. The van der Waals surface area contributed by atoms with E-state index in [1.54, 1.807) is 4.90 Å². The van der Waals surface area contributed by atoms with Crippen molar-refractivity contribution in [2.45, 2.75) is 71.6 Å². The summed E-state index contributed by atoms with van der Waals surface area (Å²) in [4.78, 5) is 18.3. The molecule has 0 spiro atoms. The van der Waals surface area contributed by atoms with Crippen LogP contribution in [0.15, 0.2) is 12.3 Å². The van der Waals surface area contributed by atoms with Crippen LogP contribution in [0, 0.1) is 22.1 Å². The van der Waals surface area contributed by atoms with E-state index >= 15 is 0 Å². The Balaban J connectivity index is 1.87. The van der Waals surface area contributed by atoms with E-state index in [-0.39, 0.29) is 17.8 Å². The molecule has 1 aliphatic heterocycles. The molecule has 0 N–H and O–H groups in total. The van der Waals surface area contributed by atoms with E-state index in [2.05, 4.69) is 32.7 Å². The van der Waals surface area contributed by atoms with Crippen LogP contribution in [0.25, 0.3) is 11.4 Å². The van der Waals surface area contributed by atoms with E-state index in [9.17, 15) is 13.6 Å². The summed E-state index contributed by atoms with van der Waals surface area (Å²) < 4.78 is 35.8. The number of pyridine rings is 1. The van der Waals surface area contributed by atoms with Crippen LogP contribution in [0.4, 0.5) is 13.6 Å². The molecule has 0 radical (unpaired) electrons. The molecule has 2 aromatic heterocycles. The molecule has 6 nitrogen and oxygen atoms in total. The molecule has 3 heterocycles. The van der Waals surface area contributed by atoms with Gasteiger partial charge in [0.2, 0.25) is 0 Å². The molecule has 1 amide bonds. The number of likely N-dealkylation sites (tertiary alicyclic amines) is 1. The van der Waals surface area contributed by atoms with E-state index in [0.717, 1.165) is 21.5 Å². The van der Waals surface area contributed by atoms with Crippen molar-refractivity contribution in [2.75, 3.05) is 6.54 Å². The molecule has 164 valence electrons. The average Bonchev–Trinajstić information content (AvgIpc) is 2.88. The molecule has 30 heavy (non-hydrogen) atoms. The first-order valence-electron chi connectivity index (χ1n) is 9.87. The number of ether oxygens (including phenoxy) is 1. The van der Waals surface area contributed by atoms with E-state index in [0.29, 0.717) is 25.1 Å². The number of amides is 1. The number of aromatic nitrogens is 3. The zero-order chi connectivity index (χ0) is 22.4. The van der Waals surface area contributed by atoms with Crippen molar-refractivity contribution >= 4 is 28.7 Å². The third-order valence-electron chi connectivity index (χ3n) is 5.22. The van der Waals surface area contributed by atoms with Gasteiger partial charge in [0.25, 0.3) is 0 Å². The number of nitrogens with zero attached hydrogens (tertiary/aromatic N) is 4. The topological polar surface area (TPSA) is 60.2 Å². The van der Waals surface area contributed by atoms with Crippen molar-refractivity contribution in [3.05, 3.63) is 33.2 Å².